The Bertz CT molecular complexity index is 492. The quantitative estimate of drug-likeness (QED) is 0.762. The van der Waals surface area contributed by atoms with Crippen molar-refractivity contribution < 1.29 is 18.3 Å². The van der Waals surface area contributed by atoms with Crippen molar-refractivity contribution >= 4 is 5.65 Å². The van der Waals surface area contributed by atoms with Crippen molar-refractivity contribution in [1.82, 2.24) is 19.6 Å². The van der Waals surface area contributed by atoms with Gasteiger partial charge in [-0.25, -0.2) is 0 Å². The summed E-state index contributed by atoms with van der Waals surface area (Å²) in [7, 11) is 0. The number of nitrogens with zero attached hydrogens (tertiary/aromatic N) is 4. The summed E-state index contributed by atoms with van der Waals surface area (Å²) < 4.78 is 37.9. The van der Waals surface area contributed by atoms with Crippen LogP contribution >= 0.6 is 0 Å². The Kier molecular flexibility index (Phi) is 2.07. The highest BCUT2D eigenvalue weighted by molar-refractivity contribution is 5.35. The van der Waals surface area contributed by atoms with Crippen LogP contribution in [0.3, 0.4) is 0 Å². The van der Waals surface area contributed by atoms with Crippen molar-refractivity contribution in [3.8, 4) is 0 Å². The fourth-order valence-electron chi connectivity index (χ4n) is 1.12. The summed E-state index contributed by atoms with van der Waals surface area (Å²) in [4.78, 5) is 3.68. The second-order valence-corrected chi connectivity index (χ2v) is 2.79. The van der Waals surface area contributed by atoms with Gasteiger partial charge in [-0.1, -0.05) is 0 Å². The molecule has 2 heterocycles. The van der Waals surface area contributed by atoms with Crippen molar-refractivity contribution in [1.29, 1.82) is 0 Å². The molecule has 0 aliphatic carbocycles. The maximum atomic E-state index is 12.4. The predicted molar refractivity (Wildman–Crippen MR) is 41.7 cm³/mol. The number of aliphatic hydroxyl groups excluding tert-OH is 1. The van der Waals surface area contributed by atoms with E-state index >= 15 is 0 Å². The third-order valence-electron chi connectivity index (χ3n) is 1.76. The first-order valence-corrected chi connectivity index (χ1v) is 3.90. The van der Waals surface area contributed by atoms with Gasteiger partial charge >= 0.3 is 6.18 Å². The van der Waals surface area contributed by atoms with Crippen molar-refractivity contribution in [3.05, 3.63) is 23.9 Å². The largest absolute Gasteiger partial charge is 0.452 e. The van der Waals surface area contributed by atoms with E-state index in [0.717, 1.165) is 16.8 Å². The number of alkyl halides is 3. The lowest BCUT2D eigenvalue weighted by Gasteiger charge is -2.03. The Balaban J connectivity index is 2.67. The van der Waals surface area contributed by atoms with E-state index in [4.69, 9.17) is 5.11 Å². The minimum atomic E-state index is -4.58. The Morgan fingerprint density at radius 3 is 2.67 bits per heavy atom. The number of hydrogen-bond donors (Lipinski definition) is 1. The van der Waals surface area contributed by atoms with Crippen LogP contribution in [0.4, 0.5) is 13.2 Å². The fourth-order valence-corrected chi connectivity index (χ4v) is 1.12. The minimum absolute atomic E-state index is 0.0143. The van der Waals surface area contributed by atoms with E-state index in [1.807, 2.05) is 0 Å². The zero-order chi connectivity index (χ0) is 11.1. The molecule has 0 amide bonds. The zero-order valence-corrected chi connectivity index (χ0v) is 7.23. The van der Waals surface area contributed by atoms with Gasteiger partial charge in [0.05, 0.1) is 18.5 Å². The average molecular weight is 218 g/mol. The van der Waals surface area contributed by atoms with E-state index in [1.165, 1.54) is 0 Å². The van der Waals surface area contributed by atoms with Crippen LogP contribution in [0.2, 0.25) is 0 Å². The maximum Gasteiger partial charge on any atom is 0.452 e. The molecule has 2 aromatic heterocycles. The highest BCUT2D eigenvalue weighted by atomic mass is 19.4. The summed E-state index contributed by atoms with van der Waals surface area (Å²) in [5.41, 5.74) is 0.104. The van der Waals surface area contributed by atoms with Crippen molar-refractivity contribution in [3.63, 3.8) is 0 Å². The first-order chi connectivity index (χ1) is 7.02. The second kappa shape index (κ2) is 3.16. The Hall–Kier alpha value is -1.70. The molecule has 0 bridgehead atoms. The lowest BCUT2D eigenvalue weighted by atomic mass is 10.4. The first-order valence-electron chi connectivity index (χ1n) is 3.90. The first kappa shape index (κ1) is 9.84. The van der Waals surface area contributed by atoms with Crippen LogP contribution in [-0.2, 0) is 12.8 Å². The van der Waals surface area contributed by atoms with E-state index in [1.54, 1.807) is 0 Å². The second-order valence-electron chi connectivity index (χ2n) is 2.79. The molecule has 80 valence electrons. The summed E-state index contributed by atoms with van der Waals surface area (Å²) in [6.45, 7) is -0.439. The molecule has 0 aliphatic heterocycles. The van der Waals surface area contributed by atoms with Crippen LogP contribution in [0.25, 0.3) is 5.65 Å². The minimum Gasteiger partial charge on any atom is -0.390 e. The molecule has 1 N–H and O–H groups in total. The molecule has 0 aliphatic rings. The number of aromatic nitrogens is 4. The van der Waals surface area contributed by atoms with E-state index in [9.17, 15) is 13.2 Å². The summed E-state index contributed by atoms with van der Waals surface area (Å²) >= 11 is 0. The van der Waals surface area contributed by atoms with Gasteiger partial charge in [0.2, 0.25) is 5.82 Å². The van der Waals surface area contributed by atoms with Crippen LogP contribution < -0.4 is 0 Å². The van der Waals surface area contributed by atoms with Gasteiger partial charge in [0, 0.05) is 6.20 Å². The molecular weight excluding hydrogens is 213 g/mol. The number of fused-ring (bicyclic) bond motifs is 1. The third-order valence-corrected chi connectivity index (χ3v) is 1.76. The highest BCUT2D eigenvalue weighted by Crippen LogP contribution is 2.27. The zero-order valence-electron chi connectivity index (χ0n) is 7.23. The molecular formula is C7H5F3N4O. The van der Waals surface area contributed by atoms with Gasteiger partial charge < -0.3 is 5.11 Å². The normalized spacial score (nSPS) is 12.3. The number of rotatable bonds is 1. The van der Waals surface area contributed by atoms with E-state index in [2.05, 4.69) is 15.2 Å². The van der Waals surface area contributed by atoms with Gasteiger partial charge in [-0.05, 0) is 0 Å². The molecule has 15 heavy (non-hydrogen) atoms. The van der Waals surface area contributed by atoms with Crippen LogP contribution in [-0.4, -0.2) is 24.7 Å². The fraction of sp³-hybridized carbons (Fsp3) is 0.286. The monoisotopic (exact) mass is 218 g/mol. The van der Waals surface area contributed by atoms with Gasteiger partial charge in [-0.15, -0.1) is 10.2 Å². The SMILES string of the molecule is OCc1cn2c(C(F)(F)F)nnc2cn1. The van der Waals surface area contributed by atoms with Gasteiger partial charge in [0.15, 0.2) is 5.65 Å². The molecule has 0 unspecified atom stereocenters. The van der Waals surface area contributed by atoms with Crippen molar-refractivity contribution in [2.45, 2.75) is 12.8 Å². The Morgan fingerprint density at radius 1 is 1.33 bits per heavy atom. The van der Waals surface area contributed by atoms with Crippen LogP contribution in [0.15, 0.2) is 12.4 Å². The topological polar surface area (TPSA) is 63.3 Å². The molecule has 2 aromatic rings. The molecule has 0 radical (unpaired) electrons. The Morgan fingerprint density at radius 2 is 2.07 bits per heavy atom. The molecule has 2 rings (SSSR count). The van der Waals surface area contributed by atoms with Gasteiger partial charge in [0.25, 0.3) is 0 Å². The predicted octanol–water partition coefficient (Wildman–Crippen LogP) is 0.635. The number of aliphatic hydroxyl groups is 1. The van der Waals surface area contributed by atoms with Crippen LogP contribution in [0.1, 0.15) is 11.5 Å². The van der Waals surface area contributed by atoms with Gasteiger partial charge in [-0.3, -0.25) is 9.38 Å². The average Bonchev–Trinajstić information content (AvgIpc) is 2.59. The third kappa shape index (κ3) is 1.63. The maximum absolute atomic E-state index is 12.4. The molecule has 0 aromatic carbocycles. The Labute approximate surface area is 81.2 Å². The molecule has 0 saturated heterocycles. The van der Waals surface area contributed by atoms with Gasteiger partial charge in [0.1, 0.15) is 0 Å². The summed E-state index contributed by atoms with van der Waals surface area (Å²) in [6.07, 6.45) is -2.40. The molecule has 0 atom stereocenters. The van der Waals surface area contributed by atoms with Crippen molar-refractivity contribution in [2.75, 3.05) is 0 Å². The molecule has 8 heteroatoms. The summed E-state index contributed by atoms with van der Waals surface area (Å²) in [5.74, 6) is -1.13. The number of hydrogen-bond acceptors (Lipinski definition) is 4. The van der Waals surface area contributed by atoms with Crippen molar-refractivity contribution in [2.24, 2.45) is 0 Å². The molecule has 5 nitrogen and oxygen atoms in total. The summed E-state index contributed by atoms with van der Waals surface area (Å²) in [5, 5.41) is 15.0. The lowest BCUT2D eigenvalue weighted by molar-refractivity contribution is -0.145. The smallest absolute Gasteiger partial charge is 0.390 e. The number of halogens is 3. The van der Waals surface area contributed by atoms with E-state index < -0.39 is 18.6 Å². The van der Waals surface area contributed by atoms with E-state index in [-0.39, 0.29) is 11.3 Å². The standard InChI is InChI=1S/C7H5F3N4O/c8-7(9,10)6-13-12-5-1-11-4(3-15)2-14(5)6/h1-2,15H,3H2. The van der Waals surface area contributed by atoms with Crippen LogP contribution in [0.5, 0.6) is 0 Å². The van der Waals surface area contributed by atoms with E-state index in [0.29, 0.717) is 0 Å². The lowest BCUT2D eigenvalue weighted by Crippen LogP contribution is -2.11. The molecule has 0 fully saturated rings. The molecule has 0 saturated carbocycles. The molecule has 0 spiro atoms. The summed E-state index contributed by atoms with van der Waals surface area (Å²) in [6, 6.07) is 0. The van der Waals surface area contributed by atoms with Gasteiger partial charge in [-0.2, -0.15) is 13.2 Å². The highest BCUT2D eigenvalue weighted by Gasteiger charge is 2.36. The van der Waals surface area contributed by atoms with Crippen LogP contribution in [0, 0.1) is 0 Å².